The first-order valence-electron chi connectivity index (χ1n) is 4.84. The van der Waals surface area contributed by atoms with Crippen molar-refractivity contribution in [2.75, 3.05) is 0 Å². The summed E-state index contributed by atoms with van der Waals surface area (Å²) in [6.45, 7) is 7.35. The van der Waals surface area contributed by atoms with Gasteiger partial charge in [0.25, 0.3) is 0 Å². The van der Waals surface area contributed by atoms with E-state index in [0.29, 0.717) is 5.75 Å². The van der Waals surface area contributed by atoms with Crippen molar-refractivity contribution >= 4 is 6.16 Å². The van der Waals surface area contributed by atoms with Crippen molar-refractivity contribution in [1.29, 1.82) is 0 Å². The van der Waals surface area contributed by atoms with Gasteiger partial charge >= 0.3 is 6.16 Å². The monoisotopic (exact) mass is 297 g/mol. The molecular formula is C12H16O3Y. The van der Waals surface area contributed by atoms with Crippen molar-refractivity contribution in [3.63, 3.8) is 0 Å². The molecule has 1 aromatic carbocycles. The number of carbonyl (C=O) groups excluding carboxylic acids is 1. The number of aryl methyl sites for hydroxylation is 1. The van der Waals surface area contributed by atoms with E-state index in [9.17, 15) is 4.79 Å². The fourth-order valence-corrected chi connectivity index (χ4v) is 0.973. The molecule has 4 heteroatoms. The van der Waals surface area contributed by atoms with Crippen LogP contribution in [-0.4, -0.2) is 11.8 Å². The quantitative estimate of drug-likeness (QED) is 0.589. The first-order chi connectivity index (χ1) is 6.87. The molecule has 0 aliphatic carbocycles. The van der Waals surface area contributed by atoms with E-state index in [4.69, 9.17) is 9.47 Å². The van der Waals surface area contributed by atoms with E-state index in [1.807, 2.05) is 19.1 Å². The van der Waals surface area contributed by atoms with Crippen LogP contribution in [0.3, 0.4) is 0 Å². The van der Waals surface area contributed by atoms with E-state index >= 15 is 0 Å². The van der Waals surface area contributed by atoms with E-state index in [2.05, 4.69) is 0 Å². The van der Waals surface area contributed by atoms with Gasteiger partial charge in [0.05, 0.1) is 0 Å². The third-order valence-electron chi connectivity index (χ3n) is 1.61. The largest absolute Gasteiger partial charge is 0.514 e. The van der Waals surface area contributed by atoms with Crippen LogP contribution in [0.15, 0.2) is 24.3 Å². The Balaban J connectivity index is 0.00000225. The Morgan fingerprint density at radius 1 is 1.12 bits per heavy atom. The molecule has 0 amide bonds. The normalized spacial score (nSPS) is 10.2. The minimum Gasteiger partial charge on any atom is -0.428 e. The molecule has 0 saturated heterocycles. The van der Waals surface area contributed by atoms with Crippen molar-refractivity contribution in [3.05, 3.63) is 29.8 Å². The van der Waals surface area contributed by atoms with Gasteiger partial charge in [-0.25, -0.2) is 4.79 Å². The first-order valence-corrected chi connectivity index (χ1v) is 4.84. The Hall–Kier alpha value is -0.406. The predicted molar refractivity (Wildman–Crippen MR) is 58.0 cm³/mol. The molecule has 0 spiro atoms. The van der Waals surface area contributed by atoms with Gasteiger partial charge in [-0.15, -0.1) is 0 Å². The van der Waals surface area contributed by atoms with Crippen molar-refractivity contribution < 1.29 is 47.0 Å². The van der Waals surface area contributed by atoms with Gasteiger partial charge in [0.15, 0.2) is 0 Å². The average molecular weight is 297 g/mol. The molecule has 0 atom stereocenters. The second kappa shape index (κ2) is 6.36. The van der Waals surface area contributed by atoms with Gasteiger partial charge in [0.1, 0.15) is 11.4 Å². The second-order valence-corrected chi connectivity index (χ2v) is 4.38. The van der Waals surface area contributed by atoms with Crippen LogP contribution in [0, 0.1) is 6.92 Å². The minimum atomic E-state index is -0.675. The van der Waals surface area contributed by atoms with Crippen LogP contribution in [0.25, 0.3) is 0 Å². The maximum atomic E-state index is 11.3. The molecule has 85 valence electrons. The smallest absolute Gasteiger partial charge is 0.428 e. The Bertz CT molecular complexity index is 338. The van der Waals surface area contributed by atoms with Gasteiger partial charge in [0.2, 0.25) is 0 Å². The average Bonchev–Trinajstić information content (AvgIpc) is 2.05. The molecule has 0 aliphatic rings. The van der Waals surface area contributed by atoms with Crippen LogP contribution in [-0.2, 0) is 37.4 Å². The molecule has 0 bridgehead atoms. The zero-order valence-electron chi connectivity index (χ0n) is 10.1. The van der Waals surface area contributed by atoms with E-state index in [1.165, 1.54) is 0 Å². The molecule has 0 N–H and O–H groups in total. The Kier molecular flexibility index (Phi) is 6.20. The Labute approximate surface area is 121 Å². The summed E-state index contributed by atoms with van der Waals surface area (Å²) in [6.07, 6.45) is -0.675. The molecule has 0 aromatic heterocycles. The maximum Gasteiger partial charge on any atom is 0.514 e. The minimum absolute atomic E-state index is 0. The molecule has 0 unspecified atom stereocenters. The number of hydrogen-bond acceptors (Lipinski definition) is 3. The number of benzene rings is 1. The van der Waals surface area contributed by atoms with Crippen LogP contribution < -0.4 is 4.74 Å². The summed E-state index contributed by atoms with van der Waals surface area (Å²) in [6, 6.07) is 7.22. The van der Waals surface area contributed by atoms with Crippen LogP contribution in [0.4, 0.5) is 4.79 Å². The van der Waals surface area contributed by atoms with Crippen molar-refractivity contribution in [2.24, 2.45) is 0 Å². The van der Waals surface area contributed by atoms with Crippen molar-refractivity contribution in [3.8, 4) is 5.75 Å². The standard InChI is InChI=1S/C12H16O3.Y/c1-9-5-7-10(8-6-9)14-11(13)15-12(2,3)4;/h5-8H,1-4H3;. The summed E-state index contributed by atoms with van der Waals surface area (Å²) in [5, 5.41) is 0. The Morgan fingerprint density at radius 2 is 1.62 bits per heavy atom. The SMILES string of the molecule is Cc1ccc(OC(=O)OC(C)(C)C)cc1.[Y]. The van der Waals surface area contributed by atoms with Crippen LogP contribution >= 0.6 is 0 Å². The molecule has 0 heterocycles. The molecule has 1 aromatic rings. The van der Waals surface area contributed by atoms with Crippen molar-refractivity contribution in [1.82, 2.24) is 0 Å². The van der Waals surface area contributed by atoms with Gasteiger partial charge in [-0.2, -0.15) is 0 Å². The fraction of sp³-hybridized carbons (Fsp3) is 0.417. The zero-order valence-corrected chi connectivity index (χ0v) is 12.9. The molecule has 0 fully saturated rings. The van der Waals surface area contributed by atoms with Gasteiger partial charge in [-0.1, -0.05) is 17.7 Å². The molecule has 0 saturated carbocycles. The molecule has 16 heavy (non-hydrogen) atoms. The third kappa shape index (κ3) is 6.24. The molecule has 1 rings (SSSR count). The Morgan fingerprint density at radius 3 is 2.06 bits per heavy atom. The summed E-state index contributed by atoms with van der Waals surface area (Å²) >= 11 is 0. The molecule has 1 radical (unpaired) electrons. The van der Waals surface area contributed by atoms with E-state index in [0.717, 1.165) is 5.56 Å². The van der Waals surface area contributed by atoms with Gasteiger partial charge < -0.3 is 9.47 Å². The summed E-state index contributed by atoms with van der Waals surface area (Å²) in [4.78, 5) is 11.3. The summed E-state index contributed by atoms with van der Waals surface area (Å²) < 4.78 is 9.99. The molecule has 3 nitrogen and oxygen atoms in total. The van der Waals surface area contributed by atoms with E-state index in [1.54, 1.807) is 32.9 Å². The number of rotatable bonds is 1. The third-order valence-corrected chi connectivity index (χ3v) is 1.61. The van der Waals surface area contributed by atoms with Crippen LogP contribution in [0.5, 0.6) is 5.75 Å². The first kappa shape index (κ1) is 15.6. The predicted octanol–water partition coefficient (Wildman–Crippen LogP) is 3.31. The zero-order chi connectivity index (χ0) is 11.5. The molecular weight excluding hydrogens is 281 g/mol. The van der Waals surface area contributed by atoms with Gasteiger partial charge in [-0.3, -0.25) is 0 Å². The summed E-state index contributed by atoms with van der Waals surface area (Å²) in [5.74, 6) is 0.495. The number of carbonyl (C=O) groups is 1. The summed E-state index contributed by atoms with van der Waals surface area (Å²) in [7, 11) is 0. The van der Waals surface area contributed by atoms with E-state index in [-0.39, 0.29) is 32.7 Å². The molecule has 0 aliphatic heterocycles. The van der Waals surface area contributed by atoms with Crippen LogP contribution in [0.2, 0.25) is 0 Å². The van der Waals surface area contributed by atoms with Crippen LogP contribution in [0.1, 0.15) is 26.3 Å². The van der Waals surface area contributed by atoms with E-state index < -0.39 is 11.8 Å². The van der Waals surface area contributed by atoms with Gasteiger partial charge in [0, 0.05) is 32.7 Å². The number of hydrogen-bond donors (Lipinski definition) is 0. The fourth-order valence-electron chi connectivity index (χ4n) is 0.973. The number of ether oxygens (including phenoxy) is 2. The van der Waals surface area contributed by atoms with Gasteiger partial charge in [-0.05, 0) is 39.8 Å². The topological polar surface area (TPSA) is 35.5 Å². The summed E-state index contributed by atoms with van der Waals surface area (Å²) in [5.41, 5.74) is 0.591. The van der Waals surface area contributed by atoms with Crippen molar-refractivity contribution in [2.45, 2.75) is 33.3 Å². The second-order valence-electron chi connectivity index (χ2n) is 4.38. The maximum absolute atomic E-state index is 11.3.